The second-order valence-electron chi connectivity index (χ2n) is 5.12. The van der Waals surface area contributed by atoms with E-state index in [1.165, 1.54) is 0 Å². The largest absolute Gasteiger partial charge is 0.354 e. The zero-order chi connectivity index (χ0) is 14.4. The third kappa shape index (κ3) is 4.18. The molecule has 0 aromatic carbocycles. The van der Waals surface area contributed by atoms with Crippen LogP contribution in [0.3, 0.4) is 0 Å². The molecule has 2 heterocycles. The number of carbonyl (C=O) groups is 1. The van der Waals surface area contributed by atoms with E-state index >= 15 is 0 Å². The molecule has 1 aromatic heterocycles. The summed E-state index contributed by atoms with van der Waals surface area (Å²) in [5.41, 5.74) is 1.02. The number of aromatic nitrogens is 1. The van der Waals surface area contributed by atoms with Crippen LogP contribution in [0.1, 0.15) is 5.56 Å². The minimum atomic E-state index is -0.00403. The highest BCUT2D eigenvalue weighted by Gasteiger charge is 2.14. The lowest BCUT2D eigenvalue weighted by Crippen LogP contribution is -2.44. The second-order valence-corrected chi connectivity index (χ2v) is 5.12. The zero-order valence-corrected chi connectivity index (χ0v) is 12.2. The van der Waals surface area contributed by atoms with Gasteiger partial charge in [-0.05, 0) is 25.7 Å². The van der Waals surface area contributed by atoms with Crippen molar-refractivity contribution in [1.82, 2.24) is 20.5 Å². The van der Waals surface area contributed by atoms with Crippen LogP contribution in [0.2, 0.25) is 0 Å². The molecule has 0 spiro atoms. The van der Waals surface area contributed by atoms with Crippen LogP contribution in [0.15, 0.2) is 18.3 Å². The first-order valence-corrected chi connectivity index (χ1v) is 6.99. The van der Waals surface area contributed by atoms with Crippen molar-refractivity contribution < 1.29 is 4.79 Å². The molecule has 6 nitrogen and oxygen atoms in total. The lowest BCUT2D eigenvalue weighted by Gasteiger charge is -2.33. The van der Waals surface area contributed by atoms with E-state index in [9.17, 15) is 4.79 Å². The van der Waals surface area contributed by atoms with Crippen LogP contribution in [0.5, 0.6) is 0 Å². The number of rotatable bonds is 5. The minimum Gasteiger partial charge on any atom is -0.354 e. The van der Waals surface area contributed by atoms with Crippen molar-refractivity contribution in [3.8, 4) is 0 Å². The molecule has 1 aromatic rings. The maximum absolute atomic E-state index is 11.4. The van der Waals surface area contributed by atoms with Gasteiger partial charge in [0.25, 0.3) is 0 Å². The average molecular weight is 277 g/mol. The lowest BCUT2D eigenvalue weighted by molar-refractivity contribution is -0.120. The van der Waals surface area contributed by atoms with E-state index in [1.807, 2.05) is 18.3 Å². The molecule has 110 valence electrons. The van der Waals surface area contributed by atoms with Crippen molar-refractivity contribution in [2.45, 2.75) is 6.54 Å². The van der Waals surface area contributed by atoms with Crippen molar-refractivity contribution in [2.24, 2.45) is 0 Å². The fourth-order valence-corrected chi connectivity index (χ4v) is 2.17. The average Bonchev–Trinajstić information content (AvgIpc) is 2.47. The molecular weight excluding hydrogens is 254 g/mol. The van der Waals surface area contributed by atoms with Crippen LogP contribution in [0, 0.1) is 0 Å². The molecule has 0 bridgehead atoms. The normalized spacial score (nSPS) is 16.2. The van der Waals surface area contributed by atoms with E-state index in [1.54, 1.807) is 7.05 Å². The van der Waals surface area contributed by atoms with E-state index in [4.69, 9.17) is 0 Å². The SMILES string of the molecule is CNCC(=O)NCc1ccc(N2CCN(C)CC2)nc1. The van der Waals surface area contributed by atoms with E-state index in [2.05, 4.69) is 32.5 Å². The van der Waals surface area contributed by atoms with Crippen molar-refractivity contribution in [3.63, 3.8) is 0 Å². The van der Waals surface area contributed by atoms with Gasteiger partial charge >= 0.3 is 0 Å². The van der Waals surface area contributed by atoms with Crippen LogP contribution in [-0.2, 0) is 11.3 Å². The quantitative estimate of drug-likeness (QED) is 0.772. The van der Waals surface area contributed by atoms with Crippen LogP contribution in [0.4, 0.5) is 5.82 Å². The van der Waals surface area contributed by atoms with Gasteiger partial charge in [-0.2, -0.15) is 0 Å². The summed E-state index contributed by atoms with van der Waals surface area (Å²) in [6.07, 6.45) is 1.84. The highest BCUT2D eigenvalue weighted by Crippen LogP contribution is 2.13. The molecule has 0 aliphatic carbocycles. The second kappa shape index (κ2) is 7.21. The first-order chi connectivity index (χ1) is 9.69. The number of nitrogens with zero attached hydrogens (tertiary/aromatic N) is 3. The van der Waals surface area contributed by atoms with Gasteiger partial charge in [-0.1, -0.05) is 6.07 Å². The van der Waals surface area contributed by atoms with Crippen molar-refractivity contribution >= 4 is 11.7 Å². The van der Waals surface area contributed by atoms with Gasteiger partial charge in [0.15, 0.2) is 0 Å². The van der Waals surface area contributed by atoms with Gasteiger partial charge in [0, 0.05) is 38.9 Å². The van der Waals surface area contributed by atoms with Gasteiger partial charge in [-0.3, -0.25) is 4.79 Å². The van der Waals surface area contributed by atoms with Crippen molar-refractivity contribution in [3.05, 3.63) is 23.9 Å². The Kier molecular flexibility index (Phi) is 5.31. The predicted octanol–water partition coefficient (Wildman–Crippen LogP) is -0.331. The number of hydrogen-bond acceptors (Lipinski definition) is 5. The summed E-state index contributed by atoms with van der Waals surface area (Å²) in [6.45, 7) is 5.04. The third-order valence-electron chi connectivity index (χ3n) is 3.46. The Balaban J connectivity index is 1.85. The maximum Gasteiger partial charge on any atom is 0.234 e. The molecule has 0 unspecified atom stereocenters. The first kappa shape index (κ1) is 14.7. The summed E-state index contributed by atoms with van der Waals surface area (Å²) in [4.78, 5) is 20.5. The predicted molar refractivity (Wildman–Crippen MR) is 79.7 cm³/mol. The number of nitrogens with one attached hydrogen (secondary N) is 2. The van der Waals surface area contributed by atoms with E-state index in [0.717, 1.165) is 37.6 Å². The van der Waals surface area contributed by atoms with Gasteiger partial charge in [-0.25, -0.2) is 4.98 Å². The standard InChI is InChI=1S/C14H23N5O/c1-15-11-14(20)17-10-12-3-4-13(16-9-12)19-7-5-18(2)6-8-19/h3-4,9,15H,5-8,10-11H2,1-2H3,(H,17,20). The Labute approximate surface area is 120 Å². The van der Waals surface area contributed by atoms with Crippen molar-refractivity contribution in [2.75, 3.05) is 51.7 Å². The summed E-state index contributed by atoms with van der Waals surface area (Å²) in [7, 11) is 3.90. The molecule has 6 heteroatoms. The summed E-state index contributed by atoms with van der Waals surface area (Å²) >= 11 is 0. The van der Waals surface area contributed by atoms with Gasteiger partial charge in [0.05, 0.1) is 6.54 Å². The fourth-order valence-electron chi connectivity index (χ4n) is 2.17. The molecular formula is C14H23N5O. The lowest BCUT2D eigenvalue weighted by atomic mass is 10.2. The van der Waals surface area contributed by atoms with Crippen molar-refractivity contribution in [1.29, 1.82) is 0 Å². The number of likely N-dealkylation sites (N-methyl/N-ethyl adjacent to an activating group) is 2. The number of carbonyl (C=O) groups excluding carboxylic acids is 1. The summed E-state index contributed by atoms with van der Waals surface area (Å²) in [6, 6.07) is 4.06. The van der Waals surface area contributed by atoms with Crippen LogP contribution in [0.25, 0.3) is 0 Å². The topological polar surface area (TPSA) is 60.5 Å². The smallest absolute Gasteiger partial charge is 0.234 e. The number of piperazine rings is 1. The Morgan fingerprint density at radius 1 is 1.30 bits per heavy atom. The first-order valence-electron chi connectivity index (χ1n) is 6.99. The van der Waals surface area contributed by atoms with Gasteiger partial charge in [0.2, 0.25) is 5.91 Å². The highest BCUT2D eigenvalue weighted by molar-refractivity contribution is 5.77. The minimum absolute atomic E-state index is 0.00403. The third-order valence-corrected chi connectivity index (χ3v) is 3.46. The maximum atomic E-state index is 11.4. The number of hydrogen-bond donors (Lipinski definition) is 2. The fraction of sp³-hybridized carbons (Fsp3) is 0.571. The van der Waals surface area contributed by atoms with Gasteiger partial charge in [-0.15, -0.1) is 0 Å². The van der Waals surface area contributed by atoms with Gasteiger partial charge < -0.3 is 20.4 Å². The zero-order valence-electron chi connectivity index (χ0n) is 12.2. The number of pyridine rings is 1. The van der Waals surface area contributed by atoms with Crippen LogP contribution >= 0.6 is 0 Å². The summed E-state index contributed by atoms with van der Waals surface area (Å²) < 4.78 is 0. The Bertz CT molecular complexity index is 426. The molecule has 1 fully saturated rings. The van der Waals surface area contributed by atoms with Crippen LogP contribution in [-0.4, -0.2) is 62.6 Å². The Morgan fingerprint density at radius 2 is 2.05 bits per heavy atom. The van der Waals surface area contributed by atoms with Crippen LogP contribution < -0.4 is 15.5 Å². The van der Waals surface area contributed by atoms with E-state index in [-0.39, 0.29) is 5.91 Å². The number of anilines is 1. The molecule has 1 saturated heterocycles. The highest BCUT2D eigenvalue weighted by atomic mass is 16.1. The molecule has 2 N–H and O–H groups in total. The molecule has 20 heavy (non-hydrogen) atoms. The number of amides is 1. The molecule has 1 amide bonds. The summed E-state index contributed by atoms with van der Waals surface area (Å²) in [5.74, 6) is 1.01. The molecule has 0 atom stereocenters. The molecule has 0 radical (unpaired) electrons. The Hall–Kier alpha value is -1.66. The molecule has 1 aliphatic heterocycles. The van der Waals surface area contributed by atoms with E-state index < -0.39 is 0 Å². The van der Waals surface area contributed by atoms with Gasteiger partial charge in [0.1, 0.15) is 5.82 Å². The van der Waals surface area contributed by atoms with E-state index in [0.29, 0.717) is 13.1 Å². The molecule has 1 aliphatic rings. The monoisotopic (exact) mass is 277 g/mol. The summed E-state index contributed by atoms with van der Waals surface area (Å²) in [5, 5.41) is 5.66. The Morgan fingerprint density at radius 3 is 2.65 bits per heavy atom. The molecule has 0 saturated carbocycles. The molecule has 2 rings (SSSR count).